The number of nitro groups is 1. The summed E-state index contributed by atoms with van der Waals surface area (Å²) in [4.78, 5) is 53.6. The van der Waals surface area contributed by atoms with Crippen LogP contribution in [0.2, 0.25) is 5.02 Å². The van der Waals surface area contributed by atoms with Gasteiger partial charge in [-0.25, -0.2) is 0 Å². The van der Waals surface area contributed by atoms with E-state index in [1.807, 2.05) is 0 Å². The van der Waals surface area contributed by atoms with Crippen molar-refractivity contribution in [2.24, 2.45) is 0 Å². The van der Waals surface area contributed by atoms with Crippen molar-refractivity contribution in [3.05, 3.63) is 85.9 Å². The molecule has 0 spiro atoms. The highest BCUT2D eigenvalue weighted by molar-refractivity contribution is 6.32. The van der Waals surface area contributed by atoms with E-state index >= 15 is 0 Å². The summed E-state index contributed by atoms with van der Waals surface area (Å²) < 4.78 is 16.4. The number of ether oxygens (including phenoxy) is 3. The molecule has 0 radical (unpaired) electrons. The first-order valence-electron chi connectivity index (χ1n) is 11.7. The van der Waals surface area contributed by atoms with Crippen LogP contribution in [-0.4, -0.2) is 54.9 Å². The Balaban J connectivity index is 1.67. The first kappa shape index (κ1) is 26.0. The molecule has 2 heterocycles. The second-order valence-corrected chi connectivity index (χ2v) is 9.32. The van der Waals surface area contributed by atoms with Gasteiger partial charge >= 0.3 is 0 Å². The predicted molar refractivity (Wildman–Crippen MR) is 140 cm³/mol. The number of non-ortho nitro benzene ring substituents is 1. The summed E-state index contributed by atoms with van der Waals surface area (Å²) in [6, 6.07) is 9.68. The first-order valence-corrected chi connectivity index (χ1v) is 12.1. The van der Waals surface area contributed by atoms with E-state index in [4.69, 9.17) is 25.8 Å². The lowest BCUT2D eigenvalue weighted by molar-refractivity contribution is -0.384. The highest BCUT2D eigenvalue weighted by Gasteiger charge is 2.58. The zero-order chi connectivity index (χ0) is 28.2. The van der Waals surface area contributed by atoms with Crippen molar-refractivity contribution in [1.82, 2.24) is 4.90 Å². The molecule has 1 fully saturated rings. The number of halogens is 1. The Morgan fingerprint density at radius 3 is 2.08 bits per heavy atom. The minimum atomic E-state index is -1.25. The minimum Gasteiger partial charge on any atom is -0.493 e. The van der Waals surface area contributed by atoms with E-state index in [2.05, 4.69) is 0 Å². The van der Waals surface area contributed by atoms with Gasteiger partial charge in [0, 0.05) is 22.8 Å². The number of nitrogens with zero attached hydrogens (tertiary/aromatic N) is 3. The molecule has 0 bridgehead atoms. The zero-order valence-electron chi connectivity index (χ0n) is 21.3. The van der Waals surface area contributed by atoms with Gasteiger partial charge in [-0.15, -0.1) is 0 Å². The van der Waals surface area contributed by atoms with E-state index in [9.17, 15) is 24.5 Å². The van der Waals surface area contributed by atoms with Crippen molar-refractivity contribution in [1.29, 1.82) is 0 Å². The number of nitro benzene ring substituents is 1. The minimum absolute atomic E-state index is 0.0144. The molecule has 12 heteroatoms. The fourth-order valence-corrected chi connectivity index (χ4v) is 5.24. The average Bonchev–Trinajstić information content (AvgIpc) is 3.17. The molecule has 5 rings (SSSR count). The van der Waals surface area contributed by atoms with Gasteiger partial charge in [0.05, 0.1) is 43.4 Å². The third-order valence-electron chi connectivity index (χ3n) is 6.99. The summed E-state index contributed by atoms with van der Waals surface area (Å²) in [5, 5.41) is 11.7. The van der Waals surface area contributed by atoms with Gasteiger partial charge in [0.15, 0.2) is 11.5 Å². The van der Waals surface area contributed by atoms with Crippen molar-refractivity contribution in [2.75, 3.05) is 26.2 Å². The summed E-state index contributed by atoms with van der Waals surface area (Å²) in [7, 11) is 4.34. The molecule has 0 aromatic heterocycles. The quantitative estimate of drug-likeness (QED) is 0.184. The Bertz CT molecular complexity index is 1550. The van der Waals surface area contributed by atoms with Crippen LogP contribution in [0.15, 0.2) is 48.5 Å². The summed E-state index contributed by atoms with van der Waals surface area (Å²) in [5.41, 5.74) is 1.13. The molecular weight excluding hydrogens is 530 g/mol. The number of hydrogen-bond donors (Lipinski definition) is 0. The van der Waals surface area contributed by atoms with Gasteiger partial charge < -0.3 is 19.1 Å². The van der Waals surface area contributed by atoms with Crippen LogP contribution in [0.4, 0.5) is 11.4 Å². The lowest BCUT2D eigenvalue weighted by Crippen LogP contribution is -2.67. The van der Waals surface area contributed by atoms with Gasteiger partial charge in [0.2, 0.25) is 5.75 Å². The molecule has 39 heavy (non-hydrogen) atoms. The van der Waals surface area contributed by atoms with Crippen LogP contribution >= 0.6 is 11.6 Å². The fraction of sp³-hybridized carbons (Fsp3) is 0.222. The molecule has 2 aliphatic heterocycles. The molecule has 0 N–H and O–H groups in total. The first-order chi connectivity index (χ1) is 18.6. The van der Waals surface area contributed by atoms with Gasteiger partial charge in [-0.3, -0.25) is 29.4 Å². The normalized spacial score (nSPS) is 18.1. The van der Waals surface area contributed by atoms with Gasteiger partial charge in [0.25, 0.3) is 23.4 Å². The van der Waals surface area contributed by atoms with Crippen LogP contribution < -0.4 is 19.1 Å². The topological polar surface area (TPSA) is 129 Å². The number of rotatable bonds is 7. The molecule has 3 amide bonds. The van der Waals surface area contributed by atoms with Gasteiger partial charge in [-0.2, -0.15) is 0 Å². The smallest absolute Gasteiger partial charge is 0.270 e. The summed E-state index contributed by atoms with van der Waals surface area (Å²) in [6.07, 6.45) is 0. The lowest BCUT2D eigenvalue weighted by Gasteiger charge is -2.50. The number of amides is 3. The number of β-lactam (4-membered cyclic amide) rings is 1. The van der Waals surface area contributed by atoms with Crippen LogP contribution in [0.1, 0.15) is 37.9 Å². The van der Waals surface area contributed by atoms with Crippen molar-refractivity contribution in [2.45, 2.75) is 19.0 Å². The Morgan fingerprint density at radius 1 is 0.846 bits per heavy atom. The van der Waals surface area contributed by atoms with Gasteiger partial charge in [0.1, 0.15) is 6.04 Å². The lowest BCUT2D eigenvalue weighted by atomic mass is 9.85. The van der Waals surface area contributed by atoms with Crippen molar-refractivity contribution in [3.8, 4) is 17.2 Å². The molecule has 200 valence electrons. The maximum atomic E-state index is 13.8. The molecular formula is C27H22ClN3O8. The van der Waals surface area contributed by atoms with E-state index in [0.29, 0.717) is 39.1 Å². The van der Waals surface area contributed by atoms with Crippen molar-refractivity contribution < 1.29 is 33.5 Å². The molecule has 2 aliphatic rings. The monoisotopic (exact) mass is 551 g/mol. The zero-order valence-corrected chi connectivity index (χ0v) is 22.0. The highest BCUT2D eigenvalue weighted by Crippen LogP contribution is 2.49. The number of carbonyl (C=O) groups is 3. The Kier molecular flexibility index (Phi) is 6.39. The third kappa shape index (κ3) is 3.85. The molecule has 0 aliphatic carbocycles. The number of fused-ring (bicyclic) bond motifs is 1. The van der Waals surface area contributed by atoms with E-state index in [1.54, 1.807) is 37.3 Å². The van der Waals surface area contributed by atoms with Crippen LogP contribution in [0.25, 0.3) is 0 Å². The molecule has 2 atom stereocenters. The molecule has 11 nitrogen and oxygen atoms in total. The maximum absolute atomic E-state index is 13.8. The van der Waals surface area contributed by atoms with Gasteiger partial charge in [-0.1, -0.05) is 17.7 Å². The summed E-state index contributed by atoms with van der Waals surface area (Å²) in [5.74, 6) is -1.09. The molecule has 0 saturated carbocycles. The van der Waals surface area contributed by atoms with Crippen LogP contribution in [0.5, 0.6) is 17.2 Å². The largest absolute Gasteiger partial charge is 0.493 e. The van der Waals surface area contributed by atoms with E-state index in [-0.39, 0.29) is 16.8 Å². The number of imide groups is 1. The van der Waals surface area contributed by atoms with Crippen molar-refractivity contribution >= 4 is 40.7 Å². The van der Waals surface area contributed by atoms with Crippen LogP contribution in [-0.2, 0) is 4.79 Å². The standard InChI is InChI=1S/C27H22ClN3O8/c1-13-18(28)6-5-7-19(13)29-22(14-10-20(37-2)24(39-4)21(11-14)38-3)23(27(29)34)30-25(32)16-9-8-15(31(35)36)12-17(16)26(30)33/h5-12,22-23H,1-4H3. The number of hydrogen-bond acceptors (Lipinski definition) is 8. The van der Waals surface area contributed by atoms with Crippen molar-refractivity contribution in [3.63, 3.8) is 0 Å². The highest BCUT2D eigenvalue weighted by atomic mass is 35.5. The predicted octanol–water partition coefficient (Wildman–Crippen LogP) is 4.34. The van der Waals surface area contributed by atoms with Gasteiger partial charge in [-0.05, 0) is 48.4 Å². The van der Waals surface area contributed by atoms with Crippen LogP contribution in [0.3, 0.4) is 0 Å². The van der Waals surface area contributed by atoms with E-state index in [0.717, 1.165) is 17.0 Å². The molecule has 3 aromatic carbocycles. The fourth-order valence-electron chi connectivity index (χ4n) is 5.07. The number of benzene rings is 3. The molecule has 2 unspecified atom stereocenters. The van der Waals surface area contributed by atoms with E-state index in [1.165, 1.54) is 32.3 Å². The summed E-state index contributed by atoms with van der Waals surface area (Å²) in [6.45, 7) is 1.76. The average molecular weight is 552 g/mol. The Hall–Kier alpha value is -4.64. The Morgan fingerprint density at radius 2 is 1.49 bits per heavy atom. The SMILES string of the molecule is COc1cc(C2C(N3C(=O)c4ccc([N+](=O)[O-])cc4C3=O)C(=O)N2c2cccc(Cl)c2C)cc(OC)c1OC. The van der Waals surface area contributed by atoms with E-state index < -0.39 is 34.7 Å². The molecule has 1 saturated heterocycles. The third-order valence-corrected chi connectivity index (χ3v) is 7.39. The molecule has 3 aromatic rings. The number of methoxy groups -OCH3 is 3. The number of anilines is 1. The maximum Gasteiger partial charge on any atom is 0.270 e. The second kappa shape index (κ2) is 9.59. The Labute approximate surface area is 227 Å². The van der Waals surface area contributed by atoms with Crippen LogP contribution in [0, 0.1) is 17.0 Å². The number of carbonyl (C=O) groups excluding carboxylic acids is 3. The second-order valence-electron chi connectivity index (χ2n) is 8.91. The summed E-state index contributed by atoms with van der Waals surface area (Å²) >= 11 is 6.36.